The van der Waals surface area contributed by atoms with Crippen LogP contribution >= 0.6 is 0 Å². The number of aliphatic hydroxyl groups excluding tert-OH is 7. The molecule has 0 radical (unpaired) electrons. The van der Waals surface area contributed by atoms with Gasteiger partial charge < -0.3 is 64.5 Å². The van der Waals surface area contributed by atoms with Gasteiger partial charge in [0, 0.05) is 29.9 Å². The largest absolute Gasteiger partial charge is 0.458 e. The van der Waals surface area contributed by atoms with Crippen LogP contribution in [0, 0.1) is 34.5 Å². The van der Waals surface area contributed by atoms with Crippen molar-refractivity contribution in [2.24, 2.45) is 34.5 Å². The van der Waals surface area contributed by atoms with Crippen LogP contribution in [0.2, 0.25) is 0 Å². The number of carbonyl (C=O) groups is 1. The van der Waals surface area contributed by atoms with Crippen molar-refractivity contribution in [3.05, 3.63) is 11.6 Å². The first kappa shape index (κ1) is 36.1. The van der Waals surface area contributed by atoms with E-state index in [1.807, 2.05) is 0 Å². The predicted molar refractivity (Wildman–Crippen MR) is 167 cm³/mol. The Labute approximate surface area is 285 Å². The summed E-state index contributed by atoms with van der Waals surface area (Å²) in [5.74, 6) is -0.830. The van der Waals surface area contributed by atoms with Crippen molar-refractivity contribution < 1.29 is 69.3 Å². The molecule has 0 unspecified atom stereocenters. The molecule has 0 aromatic rings. The summed E-state index contributed by atoms with van der Waals surface area (Å²) in [5.41, 5.74) is -1.33. The van der Waals surface area contributed by atoms with Gasteiger partial charge in [0.1, 0.15) is 37.1 Å². The van der Waals surface area contributed by atoms with Gasteiger partial charge >= 0.3 is 5.97 Å². The third-order valence-corrected chi connectivity index (χ3v) is 14.0. The van der Waals surface area contributed by atoms with Crippen molar-refractivity contribution in [1.29, 1.82) is 0 Å². The summed E-state index contributed by atoms with van der Waals surface area (Å²) < 4.78 is 29.0. The highest BCUT2D eigenvalue weighted by Crippen LogP contribution is 2.70. The van der Waals surface area contributed by atoms with Crippen LogP contribution in [0.4, 0.5) is 0 Å². The van der Waals surface area contributed by atoms with Crippen LogP contribution in [0.1, 0.15) is 71.6 Å². The van der Waals surface area contributed by atoms with Crippen molar-refractivity contribution in [2.75, 3.05) is 19.8 Å². The lowest BCUT2D eigenvalue weighted by molar-refractivity contribution is -0.344. The zero-order valence-corrected chi connectivity index (χ0v) is 28.3. The van der Waals surface area contributed by atoms with Crippen molar-refractivity contribution in [3.8, 4) is 0 Å². The van der Waals surface area contributed by atoms with Crippen LogP contribution in [0.3, 0.4) is 0 Å². The maximum Gasteiger partial charge on any atom is 0.331 e. The van der Waals surface area contributed by atoms with Crippen molar-refractivity contribution in [3.63, 3.8) is 0 Å². The van der Waals surface area contributed by atoms with Crippen LogP contribution in [0.15, 0.2) is 11.6 Å². The molecule has 0 bridgehead atoms. The highest BCUT2D eigenvalue weighted by atomic mass is 16.7. The second-order valence-corrected chi connectivity index (χ2v) is 16.2. The Morgan fingerprint density at radius 1 is 0.918 bits per heavy atom. The van der Waals surface area contributed by atoms with E-state index in [-0.39, 0.29) is 55.4 Å². The lowest BCUT2D eigenvalue weighted by Crippen LogP contribution is -2.67. The number of carbonyl (C=O) groups excluding carboxylic acids is 1. The summed E-state index contributed by atoms with van der Waals surface area (Å²) in [4.78, 5) is 11.9. The Kier molecular flexibility index (Phi) is 9.80. The standard InChI is InChI=1S/C35H54O14/c1-16-31(49-32-30(43)29(42)28(41)24(13-36)48-32)22(38)11-26(46-16)47-19-5-7-34(15-37)18(10-19)3-4-21-27(34)23(39)12-33(2)20(6-8-35(21,33)44)17-9-25(40)45-14-17/h9,16,18-24,26-32,36-39,41-44H,3-8,10-15H2,1-2H3/t16-,18-,19+,20-,21-,22+,23-,24-,26+,27-,28-,29+,30-,31-,32+,33-,34-,35+/m1/s1. The lowest BCUT2D eigenvalue weighted by atomic mass is 9.42. The molecular formula is C35H54O14. The minimum absolute atomic E-state index is 0.0501. The van der Waals surface area contributed by atoms with Gasteiger partial charge in [0.2, 0.25) is 0 Å². The van der Waals surface area contributed by atoms with E-state index in [0.717, 1.165) is 18.4 Å². The lowest BCUT2D eigenvalue weighted by Gasteiger charge is -2.65. The minimum atomic E-state index is -1.61. The van der Waals surface area contributed by atoms with E-state index >= 15 is 0 Å². The normalized spacial score (nSPS) is 54.4. The molecule has 7 rings (SSSR count). The van der Waals surface area contributed by atoms with E-state index < -0.39 is 84.4 Å². The van der Waals surface area contributed by atoms with Gasteiger partial charge in [-0.05, 0) is 87.5 Å². The monoisotopic (exact) mass is 698 g/mol. The molecule has 14 heteroatoms. The van der Waals surface area contributed by atoms with Crippen LogP contribution in [0.25, 0.3) is 0 Å². The van der Waals surface area contributed by atoms with Crippen LogP contribution < -0.4 is 0 Å². The van der Waals surface area contributed by atoms with Gasteiger partial charge in [0.25, 0.3) is 0 Å². The fourth-order valence-electron chi connectivity index (χ4n) is 11.5. The predicted octanol–water partition coefficient (Wildman–Crippen LogP) is -0.747. The second kappa shape index (κ2) is 13.3. The summed E-state index contributed by atoms with van der Waals surface area (Å²) in [6.45, 7) is 3.28. The molecule has 7 aliphatic rings. The topological polar surface area (TPSA) is 225 Å². The van der Waals surface area contributed by atoms with E-state index in [4.69, 9.17) is 23.7 Å². The molecule has 0 aromatic heterocycles. The third-order valence-electron chi connectivity index (χ3n) is 14.0. The van der Waals surface area contributed by atoms with E-state index in [1.165, 1.54) is 0 Å². The Bertz CT molecular complexity index is 1250. The fraction of sp³-hybridized carbons (Fsp3) is 0.914. The molecule has 0 spiro atoms. The van der Waals surface area contributed by atoms with Crippen LogP contribution in [-0.4, -0.2) is 140 Å². The SMILES string of the molecule is C[C@H]1O[C@@H](O[C@H]2CC[C@@]3(CO)[C@H](CC[C@@H]4[C@@H]3[C@H](O)C[C@]3(C)[C@@H](C5=CC(=O)OC5)CC[C@]43O)C2)C[C@H](O)[C@@H]1O[C@@H]1O[C@H](CO)[C@@H](O)[C@H](O)[C@H]1O. The maximum absolute atomic E-state index is 12.5. The molecule has 0 amide bonds. The average molecular weight is 699 g/mol. The van der Waals surface area contributed by atoms with Gasteiger partial charge in [0.05, 0.1) is 36.6 Å². The van der Waals surface area contributed by atoms with E-state index in [2.05, 4.69) is 6.92 Å². The number of aliphatic hydroxyl groups is 8. The summed E-state index contributed by atoms with van der Waals surface area (Å²) in [7, 11) is 0. The Morgan fingerprint density at radius 3 is 2.37 bits per heavy atom. The second-order valence-electron chi connectivity index (χ2n) is 16.2. The molecule has 18 atom stereocenters. The van der Waals surface area contributed by atoms with Crippen LogP contribution in [-0.2, 0) is 28.5 Å². The van der Waals surface area contributed by atoms with Gasteiger partial charge in [-0.1, -0.05) is 6.92 Å². The first-order chi connectivity index (χ1) is 23.3. The molecular weight excluding hydrogens is 644 g/mol. The zero-order chi connectivity index (χ0) is 35.0. The summed E-state index contributed by atoms with van der Waals surface area (Å²) >= 11 is 0. The van der Waals surface area contributed by atoms with Crippen molar-refractivity contribution in [1.82, 2.24) is 0 Å². The number of fused-ring (bicyclic) bond motifs is 5. The Balaban J connectivity index is 0.995. The highest BCUT2D eigenvalue weighted by Gasteiger charge is 2.71. The smallest absolute Gasteiger partial charge is 0.331 e. The molecule has 0 aromatic carbocycles. The number of cyclic esters (lactones) is 1. The Morgan fingerprint density at radius 2 is 1.69 bits per heavy atom. The quantitative estimate of drug-likeness (QED) is 0.121. The fourth-order valence-corrected chi connectivity index (χ4v) is 11.5. The molecule has 8 N–H and O–H groups in total. The molecule has 2 saturated heterocycles. The van der Waals surface area contributed by atoms with Crippen molar-refractivity contribution in [2.45, 2.75) is 145 Å². The van der Waals surface area contributed by atoms with E-state index in [0.29, 0.717) is 38.5 Å². The number of hydrogen-bond acceptors (Lipinski definition) is 14. The van der Waals surface area contributed by atoms with Gasteiger partial charge in [-0.15, -0.1) is 0 Å². The minimum Gasteiger partial charge on any atom is -0.458 e. The van der Waals surface area contributed by atoms with Gasteiger partial charge in [-0.3, -0.25) is 0 Å². The number of ether oxygens (including phenoxy) is 5. The summed E-state index contributed by atoms with van der Waals surface area (Å²) in [6, 6.07) is 0. The third kappa shape index (κ3) is 5.73. The molecule has 49 heavy (non-hydrogen) atoms. The first-order valence-electron chi connectivity index (χ1n) is 18.1. The van der Waals surface area contributed by atoms with Crippen molar-refractivity contribution >= 4 is 5.97 Å². The zero-order valence-electron chi connectivity index (χ0n) is 28.3. The van der Waals surface area contributed by atoms with E-state index in [9.17, 15) is 45.6 Å². The van der Waals surface area contributed by atoms with Crippen LogP contribution in [0.5, 0.6) is 0 Å². The van der Waals surface area contributed by atoms with E-state index in [1.54, 1.807) is 13.0 Å². The molecule has 3 heterocycles. The van der Waals surface area contributed by atoms with Gasteiger partial charge in [-0.25, -0.2) is 4.79 Å². The number of rotatable bonds is 7. The molecule has 4 aliphatic carbocycles. The molecule has 4 saturated carbocycles. The van der Waals surface area contributed by atoms with Gasteiger partial charge in [-0.2, -0.15) is 0 Å². The maximum atomic E-state index is 12.5. The summed E-state index contributed by atoms with van der Waals surface area (Å²) in [6.07, 6.45) is -5.05. The molecule has 278 valence electrons. The Hall–Kier alpha value is -1.27. The first-order valence-corrected chi connectivity index (χ1v) is 18.1. The highest BCUT2D eigenvalue weighted by molar-refractivity contribution is 5.85. The number of esters is 1. The molecule has 14 nitrogen and oxygen atoms in total. The number of hydrogen-bond donors (Lipinski definition) is 8. The summed E-state index contributed by atoms with van der Waals surface area (Å²) in [5, 5.41) is 86.6. The molecule has 6 fully saturated rings. The van der Waals surface area contributed by atoms with Gasteiger partial charge in [0.15, 0.2) is 12.6 Å². The molecule has 3 aliphatic heterocycles. The average Bonchev–Trinajstić information content (AvgIpc) is 3.61.